The highest BCUT2D eigenvalue weighted by Gasteiger charge is 2.42. The highest BCUT2D eigenvalue weighted by atomic mass is 32.2. The van der Waals surface area contributed by atoms with Crippen molar-refractivity contribution in [2.75, 3.05) is 23.9 Å². The molecule has 7 nitrogen and oxygen atoms in total. The number of fused-ring (bicyclic) bond motifs is 1. The summed E-state index contributed by atoms with van der Waals surface area (Å²) >= 11 is 0. The van der Waals surface area contributed by atoms with E-state index in [1.54, 1.807) is 4.90 Å². The molecule has 1 saturated carbocycles. The van der Waals surface area contributed by atoms with Crippen molar-refractivity contribution in [1.82, 2.24) is 4.90 Å². The number of rotatable bonds is 7. The zero-order chi connectivity index (χ0) is 32.1. The van der Waals surface area contributed by atoms with Gasteiger partial charge in [0.2, 0.25) is 5.91 Å². The molecule has 1 amide bonds. The summed E-state index contributed by atoms with van der Waals surface area (Å²) in [5.41, 5.74) is -0.824. The first kappa shape index (κ1) is 31.1. The molecule has 3 aromatic rings. The largest absolute Gasteiger partial charge is 0.486 e. The molecule has 1 saturated heterocycles. The number of sulfonamides is 1. The molecule has 240 valence electrons. The van der Waals surface area contributed by atoms with Crippen LogP contribution < -0.4 is 13.8 Å². The molecule has 0 N–H and O–H groups in total. The van der Waals surface area contributed by atoms with Gasteiger partial charge in [0.15, 0.2) is 0 Å². The molecule has 2 fully saturated rings. The highest BCUT2D eigenvalue weighted by molar-refractivity contribution is 7.92. The van der Waals surface area contributed by atoms with Crippen LogP contribution in [0.1, 0.15) is 31.2 Å². The standard InChI is InChI=1S/C31H28F6N2O5S/c32-23-12-21(13-24(16-23)43-30(33)34)20-6-7-27-26(14-20)39(45(41,42)25-3-1-2-22(15-25)31(35,36)37)17-28(44-27)18-8-10-38(11-9-18)29(40)19-4-5-19/h1-3,6-7,12-16,18-19,28,30H,4-5,8-11,17H2. The molecule has 2 heterocycles. The van der Waals surface area contributed by atoms with Crippen LogP contribution in [0.4, 0.5) is 32.0 Å². The Labute approximate surface area is 255 Å². The maximum absolute atomic E-state index is 14.3. The zero-order valence-corrected chi connectivity index (χ0v) is 24.5. The summed E-state index contributed by atoms with van der Waals surface area (Å²) in [4.78, 5) is 13.8. The molecule has 3 aromatic carbocycles. The first-order chi connectivity index (χ1) is 21.3. The Morgan fingerprint density at radius 2 is 1.67 bits per heavy atom. The average Bonchev–Trinajstić information content (AvgIpc) is 3.85. The molecule has 45 heavy (non-hydrogen) atoms. The second-order valence-corrected chi connectivity index (χ2v) is 13.3. The molecular formula is C31H28F6N2O5S. The molecule has 1 unspecified atom stereocenters. The van der Waals surface area contributed by atoms with Gasteiger partial charge in [0.05, 0.1) is 22.7 Å². The molecule has 0 aromatic heterocycles. The third-order valence-corrected chi connectivity index (χ3v) is 10.1. The van der Waals surface area contributed by atoms with Gasteiger partial charge in [0, 0.05) is 31.0 Å². The van der Waals surface area contributed by atoms with E-state index in [-0.39, 0.29) is 46.9 Å². The van der Waals surface area contributed by atoms with E-state index in [1.165, 1.54) is 18.2 Å². The second kappa shape index (κ2) is 11.8. The Balaban J connectivity index is 1.37. The maximum atomic E-state index is 14.3. The predicted molar refractivity (Wildman–Crippen MR) is 151 cm³/mol. The van der Waals surface area contributed by atoms with E-state index in [2.05, 4.69) is 4.74 Å². The van der Waals surface area contributed by atoms with E-state index in [0.29, 0.717) is 32.0 Å². The maximum Gasteiger partial charge on any atom is 0.416 e. The third-order valence-electron chi connectivity index (χ3n) is 8.33. The summed E-state index contributed by atoms with van der Waals surface area (Å²) in [6, 6.07) is 10.7. The van der Waals surface area contributed by atoms with Crippen molar-refractivity contribution in [1.29, 1.82) is 0 Å². The van der Waals surface area contributed by atoms with Crippen LogP contribution in [0.15, 0.2) is 65.6 Å². The SMILES string of the molecule is O=C(C1CC1)N1CCC(C2CN(S(=O)(=O)c3cccc(C(F)(F)F)c3)c3cc(-c4cc(F)cc(OC(F)F)c4)ccc3O2)CC1. The number of hydrogen-bond donors (Lipinski definition) is 0. The van der Waals surface area contributed by atoms with E-state index in [4.69, 9.17) is 4.74 Å². The minimum Gasteiger partial charge on any atom is -0.486 e. The average molecular weight is 655 g/mol. The molecule has 0 spiro atoms. The Kier molecular flexibility index (Phi) is 8.12. The molecule has 1 aliphatic carbocycles. The molecule has 0 bridgehead atoms. The number of benzene rings is 3. The van der Waals surface area contributed by atoms with Crippen LogP contribution in [-0.4, -0.2) is 51.6 Å². The Hall–Kier alpha value is -3.94. The van der Waals surface area contributed by atoms with Crippen molar-refractivity contribution in [3.63, 3.8) is 0 Å². The van der Waals surface area contributed by atoms with Crippen molar-refractivity contribution < 1.29 is 49.0 Å². The first-order valence-electron chi connectivity index (χ1n) is 14.3. The van der Waals surface area contributed by atoms with Gasteiger partial charge in [0.1, 0.15) is 23.4 Å². The van der Waals surface area contributed by atoms with Gasteiger partial charge in [-0.1, -0.05) is 12.1 Å². The fourth-order valence-electron chi connectivity index (χ4n) is 5.87. The van der Waals surface area contributed by atoms with E-state index in [9.17, 15) is 39.6 Å². The molecule has 6 rings (SSSR count). The quantitative estimate of drug-likeness (QED) is 0.265. The monoisotopic (exact) mass is 654 g/mol. The number of nitrogens with zero attached hydrogens (tertiary/aromatic N) is 2. The minimum absolute atomic E-state index is 0.0110. The van der Waals surface area contributed by atoms with Crippen molar-refractivity contribution in [2.24, 2.45) is 11.8 Å². The number of halogens is 6. The van der Waals surface area contributed by atoms with E-state index >= 15 is 0 Å². The molecular weight excluding hydrogens is 626 g/mol. The number of hydrogen-bond acceptors (Lipinski definition) is 5. The van der Waals surface area contributed by atoms with Gasteiger partial charge in [0.25, 0.3) is 10.0 Å². The summed E-state index contributed by atoms with van der Waals surface area (Å²) in [6.07, 6.45) is -2.62. The Morgan fingerprint density at radius 1 is 0.933 bits per heavy atom. The van der Waals surface area contributed by atoms with Gasteiger partial charge in [-0.25, -0.2) is 12.8 Å². The van der Waals surface area contributed by atoms with Gasteiger partial charge in [-0.05, 0) is 79.3 Å². The number of anilines is 1. The first-order valence-corrected chi connectivity index (χ1v) is 15.8. The van der Waals surface area contributed by atoms with Gasteiger partial charge in [-0.3, -0.25) is 9.10 Å². The zero-order valence-electron chi connectivity index (χ0n) is 23.6. The van der Waals surface area contributed by atoms with E-state index < -0.39 is 50.9 Å². The number of ether oxygens (including phenoxy) is 2. The summed E-state index contributed by atoms with van der Waals surface area (Å²) in [6.45, 7) is -2.48. The lowest BCUT2D eigenvalue weighted by Crippen LogP contribution is -2.50. The molecule has 3 aliphatic rings. The second-order valence-electron chi connectivity index (χ2n) is 11.4. The van der Waals surface area contributed by atoms with Crippen LogP contribution >= 0.6 is 0 Å². The predicted octanol–water partition coefficient (Wildman–Crippen LogP) is 6.72. The van der Waals surface area contributed by atoms with Crippen LogP contribution in [0.5, 0.6) is 11.5 Å². The molecule has 2 aliphatic heterocycles. The number of amides is 1. The van der Waals surface area contributed by atoms with Crippen LogP contribution in [0.3, 0.4) is 0 Å². The van der Waals surface area contributed by atoms with Crippen LogP contribution in [0.25, 0.3) is 11.1 Å². The normalized spacial score (nSPS) is 19.3. The molecule has 0 radical (unpaired) electrons. The van der Waals surface area contributed by atoms with Crippen molar-refractivity contribution in [3.8, 4) is 22.6 Å². The fourth-order valence-corrected chi connectivity index (χ4v) is 7.39. The summed E-state index contributed by atoms with van der Waals surface area (Å²) in [5.74, 6) is -1.17. The summed E-state index contributed by atoms with van der Waals surface area (Å²) < 4.78 is 120. The Morgan fingerprint density at radius 3 is 2.33 bits per heavy atom. The smallest absolute Gasteiger partial charge is 0.416 e. The third kappa shape index (κ3) is 6.56. The number of carbonyl (C=O) groups is 1. The number of likely N-dealkylation sites (tertiary alicyclic amines) is 1. The van der Waals surface area contributed by atoms with Gasteiger partial charge in [-0.2, -0.15) is 22.0 Å². The van der Waals surface area contributed by atoms with Crippen LogP contribution in [0.2, 0.25) is 0 Å². The summed E-state index contributed by atoms with van der Waals surface area (Å²) in [5, 5.41) is 0. The lowest BCUT2D eigenvalue weighted by atomic mass is 9.90. The topological polar surface area (TPSA) is 76.2 Å². The number of piperidine rings is 1. The highest BCUT2D eigenvalue weighted by Crippen LogP contribution is 2.43. The minimum atomic E-state index is -4.79. The Bertz CT molecular complexity index is 1700. The number of carbonyl (C=O) groups excluding carboxylic acids is 1. The lowest BCUT2D eigenvalue weighted by molar-refractivity contribution is -0.137. The van der Waals surface area contributed by atoms with Crippen molar-refractivity contribution in [3.05, 3.63) is 72.0 Å². The molecule has 1 atom stereocenters. The van der Waals surface area contributed by atoms with Gasteiger partial charge >= 0.3 is 12.8 Å². The summed E-state index contributed by atoms with van der Waals surface area (Å²) in [7, 11) is -4.60. The van der Waals surface area contributed by atoms with Gasteiger partial charge in [-0.15, -0.1) is 0 Å². The van der Waals surface area contributed by atoms with Crippen LogP contribution in [0, 0.1) is 17.7 Å². The lowest BCUT2D eigenvalue weighted by Gasteiger charge is -2.41. The van der Waals surface area contributed by atoms with Crippen molar-refractivity contribution in [2.45, 2.75) is 49.5 Å². The van der Waals surface area contributed by atoms with Gasteiger partial charge < -0.3 is 14.4 Å². The van der Waals surface area contributed by atoms with E-state index in [1.807, 2.05) is 0 Å². The fraction of sp³-hybridized carbons (Fsp3) is 0.387. The van der Waals surface area contributed by atoms with E-state index in [0.717, 1.165) is 53.5 Å². The van der Waals surface area contributed by atoms with Crippen molar-refractivity contribution >= 4 is 21.6 Å². The number of alkyl halides is 5. The molecule has 14 heteroatoms. The van der Waals surface area contributed by atoms with Crippen LogP contribution in [-0.2, 0) is 21.0 Å².